The molecule has 31 heavy (non-hydrogen) atoms. The van der Waals surface area contributed by atoms with Gasteiger partial charge >= 0.3 is 6.01 Å². The van der Waals surface area contributed by atoms with Crippen molar-refractivity contribution in [1.29, 1.82) is 0 Å². The lowest BCUT2D eigenvalue weighted by atomic mass is 10.2. The Balaban J connectivity index is 1.55. The van der Waals surface area contributed by atoms with Gasteiger partial charge in [-0.1, -0.05) is 36.3 Å². The Labute approximate surface area is 183 Å². The number of hydrogen-bond donors (Lipinski definition) is 2. The van der Waals surface area contributed by atoms with Gasteiger partial charge in [-0.05, 0) is 59.4 Å². The van der Waals surface area contributed by atoms with Gasteiger partial charge in [-0.25, -0.2) is 4.68 Å². The molecule has 160 valence electrons. The summed E-state index contributed by atoms with van der Waals surface area (Å²) in [5.41, 5.74) is 5.07. The Morgan fingerprint density at radius 3 is 2.71 bits per heavy atom. The van der Waals surface area contributed by atoms with Gasteiger partial charge in [0.05, 0.1) is 18.8 Å². The Morgan fingerprint density at radius 1 is 1.10 bits per heavy atom. The smallest absolute Gasteiger partial charge is 0.346 e. The van der Waals surface area contributed by atoms with Gasteiger partial charge in [0.2, 0.25) is 4.77 Å². The summed E-state index contributed by atoms with van der Waals surface area (Å²) in [5, 5.41) is 18.7. The molecule has 2 N–H and O–H groups in total. The topological polar surface area (TPSA) is 108 Å². The van der Waals surface area contributed by atoms with Crippen molar-refractivity contribution >= 4 is 12.2 Å². The summed E-state index contributed by atoms with van der Waals surface area (Å²) in [6, 6.07) is 15.5. The molecule has 0 saturated carbocycles. The number of aromatic amines is 1. The number of para-hydroxylation sites is 1. The fourth-order valence-electron chi connectivity index (χ4n) is 2.99. The number of rotatable bonds is 9. The van der Waals surface area contributed by atoms with E-state index in [9.17, 15) is 0 Å². The first-order valence-electron chi connectivity index (χ1n) is 9.87. The molecule has 0 amide bonds. The van der Waals surface area contributed by atoms with Crippen LogP contribution in [-0.4, -0.2) is 41.7 Å². The van der Waals surface area contributed by atoms with Crippen molar-refractivity contribution in [2.24, 2.45) is 0 Å². The monoisotopic (exact) mass is 438 g/mol. The maximum atomic E-state index is 5.99. The molecular formula is C20H22N8O2S. The minimum absolute atomic E-state index is 0.246. The average Bonchev–Trinajstić information content (AvgIpc) is 3.40. The maximum absolute atomic E-state index is 5.99. The lowest BCUT2D eigenvalue weighted by Gasteiger charge is -2.14. The van der Waals surface area contributed by atoms with Gasteiger partial charge < -0.3 is 14.9 Å². The third-order valence-corrected chi connectivity index (χ3v) is 4.72. The van der Waals surface area contributed by atoms with Crippen LogP contribution in [0.25, 0.3) is 5.69 Å². The molecule has 0 aliphatic rings. The number of aromatic nitrogens is 7. The van der Waals surface area contributed by atoms with E-state index in [4.69, 9.17) is 21.7 Å². The minimum Gasteiger partial charge on any atom is -0.490 e. The van der Waals surface area contributed by atoms with Crippen molar-refractivity contribution in [2.45, 2.75) is 26.8 Å². The van der Waals surface area contributed by atoms with Gasteiger partial charge in [-0.15, -0.1) is 0 Å². The van der Waals surface area contributed by atoms with E-state index in [-0.39, 0.29) is 6.01 Å². The van der Waals surface area contributed by atoms with Gasteiger partial charge in [-0.2, -0.15) is 9.78 Å². The summed E-state index contributed by atoms with van der Waals surface area (Å²) in [6.45, 7) is 4.96. The van der Waals surface area contributed by atoms with Crippen molar-refractivity contribution in [2.75, 3.05) is 12.0 Å². The highest BCUT2D eigenvalue weighted by molar-refractivity contribution is 7.71. The molecule has 0 aliphatic heterocycles. The average molecular weight is 439 g/mol. The fraction of sp³-hybridized carbons (Fsp3) is 0.250. The molecule has 0 atom stereocenters. The largest absolute Gasteiger partial charge is 0.490 e. The number of hydrogen-bond acceptors (Lipinski definition) is 8. The highest BCUT2D eigenvalue weighted by atomic mass is 32.1. The molecule has 0 saturated heterocycles. The molecule has 2 aromatic carbocycles. The van der Waals surface area contributed by atoms with Crippen LogP contribution in [0, 0.1) is 4.77 Å². The van der Waals surface area contributed by atoms with E-state index in [0.717, 1.165) is 23.5 Å². The van der Waals surface area contributed by atoms with Crippen LogP contribution in [0.4, 0.5) is 0 Å². The van der Waals surface area contributed by atoms with Crippen LogP contribution in [0.15, 0.2) is 48.5 Å². The van der Waals surface area contributed by atoms with E-state index < -0.39 is 0 Å². The van der Waals surface area contributed by atoms with Crippen molar-refractivity contribution in [1.82, 2.24) is 35.1 Å². The zero-order valence-electron chi connectivity index (χ0n) is 17.1. The maximum Gasteiger partial charge on any atom is 0.346 e. The van der Waals surface area contributed by atoms with E-state index in [1.165, 1.54) is 4.68 Å². The van der Waals surface area contributed by atoms with Crippen molar-refractivity contribution in [3.63, 3.8) is 0 Å². The summed E-state index contributed by atoms with van der Waals surface area (Å²) in [7, 11) is 0. The zero-order chi connectivity index (χ0) is 21.6. The predicted molar refractivity (Wildman–Crippen MR) is 117 cm³/mol. The first kappa shape index (κ1) is 20.5. The minimum atomic E-state index is 0.246. The van der Waals surface area contributed by atoms with Crippen LogP contribution in [0.3, 0.4) is 0 Å². The van der Waals surface area contributed by atoms with Gasteiger partial charge in [0, 0.05) is 6.42 Å². The SMILES string of the molecule is CCOc1cc(CNn2c(CC)n[nH]c2=S)ccc1Oc1nnnn1-c1ccccc1. The summed E-state index contributed by atoms with van der Waals surface area (Å²) in [4.78, 5) is 0. The number of aryl methyl sites for hydroxylation is 1. The van der Waals surface area contributed by atoms with Crippen LogP contribution in [0.1, 0.15) is 25.2 Å². The van der Waals surface area contributed by atoms with Gasteiger partial charge in [0.15, 0.2) is 17.3 Å². The van der Waals surface area contributed by atoms with Crippen LogP contribution >= 0.6 is 12.2 Å². The second-order valence-corrected chi connectivity index (χ2v) is 6.88. The second-order valence-electron chi connectivity index (χ2n) is 6.49. The van der Waals surface area contributed by atoms with E-state index >= 15 is 0 Å². The van der Waals surface area contributed by atoms with E-state index in [1.807, 2.05) is 62.4 Å². The van der Waals surface area contributed by atoms with Crippen LogP contribution in [0.5, 0.6) is 17.5 Å². The summed E-state index contributed by atoms with van der Waals surface area (Å²) < 4.78 is 15.6. The molecule has 0 radical (unpaired) electrons. The molecule has 10 nitrogen and oxygen atoms in total. The standard InChI is InChI=1S/C20H22N8O2S/c1-3-18-22-24-20(31)28(18)21-13-14-10-11-16(17(12-14)29-4-2)30-19-23-25-26-27(19)15-8-6-5-7-9-15/h5-12,21H,3-4,13H2,1-2H3,(H,24,31). The lowest BCUT2D eigenvalue weighted by molar-refractivity contribution is 0.315. The molecular weight excluding hydrogens is 416 g/mol. The third-order valence-electron chi connectivity index (χ3n) is 4.45. The molecule has 2 heterocycles. The van der Waals surface area contributed by atoms with Crippen LogP contribution < -0.4 is 14.9 Å². The molecule has 2 aromatic heterocycles. The predicted octanol–water partition coefficient (Wildman–Crippen LogP) is 3.41. The summed E-state index contributed by atoms with van der Waals surface area (Å²) in [6.07, 6.45) is 0.757. The van der Waals surface area contributed by atoms with E-state index in [1.54, 1.807) is 4.68 Å². The van der Waals surface area contributed by atoms with Crippen LogP contribution in [-0.2, 0) is 13.0 Å². The number of tetrazole rings is 1. The highest BCUT2D eigenvalue weighted by Gasteiger charge is 2.15. The van der Waals surface area contributed by atoms with Crippen molar-refractivity contribution in [3.8, 4) is 23.2 Å². The van der Waals surface area contributed by atoms with Crippen molar-refractivity contribution in [3.05, 3.63) is 64.7 Å². The molecule has 11 heteroatoms. The molecule has 0 aliphatic carbocycles. The third kappa shape index (κ3) is 4.56. The van der Waals surface area contributed by atoms with E-state index in [2.05, 4.69) is 31.1 Å². The van der Waals surface area contributed by atoms with Gasteiger partial charge in [0.1, 0.15) is 0 Å². The number of ether oxygens (including phenoxy) is 2. The molecule has 4 aromatic rings. The molecule has 4 rings (SSSR count). The number of H-pyrrole nitrogens is 1. The first-order valence-corrected chi connectivity index (χ1v) is 10.3. The van der Waals surface area contributed by atoms with Gasteiger partial charge in [0.25, 0.3) is 0 Å². The fourth-order valence-corrected chi connectivity index (χ4v) is 3.20. The number of nitrogens with one attached hydrogen (secondary N) is 2. The molecule has 0 spiro atoms. The Kier molecular flexibility index (Phi) is 6.22. The summed E-state index contributed by atoms with van der Waals surface area (Å²) >= 11 is 5.28. The number of benzene rings is 2. The Bertz CT molecular complexity index is 1200. The molecule has 0 fully saturated rings. The van der Waals surface area contributed by atoms with E-state index in [0.29, 0.717) is 29.4 Å². The highest BCUT2D eigenvalue weighted by Crippen LogP contribution is 2.32. The Morgan fingerprint density at radius 2 is 1.94 bits per heavy atom. The van der Waals surface area contributed by atoms with Gasteiger partial charge in [-0.3, -0.25) is 5.10 Å². The van der Waals surface area contributed by atoms with Crippen LogP contribution in [0.2, 0.25) is 0 Å². The second kappa shape index (κ2) is 9.39. The zero-order valence-corrected chi connectivity index (χ0v) is 18.0. The quantitative estimate of drug-likeness (QED) is 0.383. The number of nitrogens with zero attached hydrogens (tertiary/aromatic N) is 6. The normalized spacial score (nSPS) is 10.8. The summed E-state index contributed by atoms with van der Waals surface area (Å²) in [5.74, 6) is 1.95. The van der Waals surface area contributed by atoms with Crippen molar-refractivity contribution < 1.29 is 9.47 Å². The molecule has 0 bridgehead atoms. The Hall–Kier alpha value is -3.73. The molecule has 0 unspecified atom stereocenters. The first-order chi connectivity index (χ1) is 15.2. The lowest BCUT2D eigenvalue weighted by Crippen LogP contribution is -2.17.